The van der Waals surface area contributed by atoms with Crippen LogP contribution in [0.4, 0.5) is 13.2 Å². The second-order valence-corrected chi connectivity index (χ2v) is 7.16. The number of carbonyl (C=O) groups is 2. The molecule has 1 aliphatic heterocycles. The number of likely N-dealkylation sites (N-methyl/N-ethyl adjacent to an activating group) is 1. The Bertz CT molecular complexity index is 1180. The smallest absolute Gasteiger partial charge is 0.475 e. The van der Waals surface area contributed by atoms with Crippen molar-refractivity contribution >= 4 is 17.8 Å². The maximum absolute atomic E-state index is 13.2. The Balaban J connectivity index is 0.000000383. The van der Waals surface area contributed by atoms with Crippen molar-refractivity contribution in [1.82, 2.24) is 4.90 Å². The fourth-order valence-corrected chi connectivity index (χ4v) is 3.42. The van der Waals surface area contributed by atoms with Gasteiger partial charge in [-0.25, -0.2) is 9.79 Å². The number of amides is 1. The number of aliphatic imine (C=N–C) groups is 1. The van der Waals surface area contributed by atoms with Crippen LogP contribution in [0.15, 0.2) is 89.9 Å². The Morgan fingerprint density at radius 2 is 1.39 bits per heavy atom. The average molecular weight is 455 g/mol. The van der Waals surface area contributed by atoms with Crippen molar-refractivity contribution in [2.75, 3.05) is 7.05 Å². The van der Waals surface area contributed by atoms with Crippen LogP contribution in [0.5, 0.6) is 0 Å². The van der Waals surface area contributed by atoms with E-state index in [4.69, 9.17) is 15.6 Å². The standard InChI is InChI=1S/C22H19N3O.C2HF3O2/c1-25-20(26)22(24-21(25)23,18-12-6-3-7-13-18)19-14-8-11-17(15-19)16-9-4-2-5-10-16;3-2(4,5)1(6)7/h2-15H,1H3,(H2,23,24);(H,6,7). The SMILES string of the molecule is CN1C(=O)C(c2ccccc2)(c2cccc(-c3ccccc3)c2)N=C1N.O=C(O)C(F)(F)F. The molecule has 33 heavy (non-hydrogen) atoms. The van der Waals surface area contributed by atoms with E-state index in [1.165, 1.54) is 4.90 Å². The first-order chi connectivity index (χ1) is 15.6. The lowest BCUT2D eigenvalue weighted by Gasteiger charge is -2.26. The molecule has 0 radical (unpaired) electrons. The summed E-state index contributed by atoms with van der Waals surface area (Å²) in [6.07, 6.45) is -5.08. The van der Waals surface area contributed by atoms with Gasteiger partial charge in [-0.2, -0.15) is 13.2 Å². The molecule has 0 saturated carbocycles. The van der Waals surface area contributed by atoms with Gasteiger partial charge in [-0.15, -0.1) is 0 Å². The number of alkyl halides is 3. The molecule has 0 fully saturated rings. The maximum Gasteiger partial charge on any atom is 0.490 e. The monoisotopic (exact) mass is 455 g/mol. The highest BCUT2D eigenvalue weighted by molar-refractivity contribution is 6.09. The highest BCUT2D eigenvalue weighted by Crippen LogP contribution is 2.40. The highest BCUT2D eigenvalue weighted by atomic mass is 19.4. The molecule has 3 N–H and O–H groups in total. The number of carboxylic acids is 1. The van der Waals surface area contributed by atoms with E-state index in [2.05, 4.69) is 17.1 Å². The Hall–Kier alpha value is -4.14. The van der Waals surface area contributed by atoms with E-state index in [0.29, 0.717) is 0 Å². The molecule has 0 bridgehead atoms. The van der Waals surface area contributed by atoms with E-state index in [0.717, 1.165) is 22.3 Å². The predicted molar refractivity (Wildman–Crippen MR) is 117 cm³/mol. The Kier molecular flexibility index (Phi) is 6.52. The van der Waals surface area contributed by atoms with Crippen molar-refractivity contribution in [2.24, 2.45) is 10.7 Å². The van der Waals surface area contributed by atoms with Gasteiger partial charge in [0.2, 0.25) is 0 Å². The molecule has 9 heteroatoms. The largest absolute Gasteiger partial charge is 0.490 e. The van der Waals surface area contributed by atoms with Gasteiger partial charge in [0.25, 0.3) is 5.91 Å². The summed E-state index contributed by atoms with van der Waals surface area (Å²) >= 11 is 0. The maximum atomic E-state index is 13.2. The third-order valence-corrected chi connectivity index (χ3v) is 5.06. The second-order valence-electron chi connectivity index (χ2n) is 7.16. The number of nitrogens with zero attached hydrogens (tertiary/aromatic N) is 2. The van der Waals surface area contributed by atoms with Crippen LogP contribution in [-0.4, -0.2) is 41.1 Å². The first kappa shape index (κ1) is 23.5. The summed E-state index contributed by atoms with van der Waals surface area (Å²) in [5.41, 5.74) is 8.62. The number of halogens is 3. The van der Waals surface area contributed by atoms with E-state index in [9.17, 15) is 18.0 Å². The van der Waals surface area contributed by atoms with Crippen LogP contribution in [0.1, 0.15) is 11.1 Å². The highest BCUT2D eigenvalue weighted by Gasteiger charge is 2.49. The van der Waals surface area contributed by atoms with Crippen LogP contribution in [0, 0.1) is 0 Å². The number of benzene rings is 3. The molecule has 6 nitrogen and oxygen atoms in total. The van der Waals surface area contributed by atoms with Crippen molar-refractivity contribution in [3.63, 3.8) is 0 Å². The van der Waals surface area contributed by atoms with E-state index >= 15 is 0 Å². The molecule has 1 aliphatic rings. The molecule has 3 aromatic rings. The minimum atomic E-state index is -5.08. The Labute approximate surface area is 187 Å². The molecule has 1 amide bonds. The zero-order chi connectivity index (χ0) is 24.2. The summed E-state index contributed by atoms with van der Waals surface area (Å²) in [4.78, 5) is 28.2. The number of carbonyl (C=O) groups excluding carboxylic acids is 1. The predicted octanol–water partition coefficient (Wildman–Crippen LogP) is 4.02. The number of rotatable bonds is 3. The van der Waals surface area contributed by atoms with Crippen LogP contribution in [0.3, 0.4) is 0 Å². The summed E-state index contributed by atoms with van der Waals surface area (Å²) in [5.74, 6) is -2.68. The number of nitrogens with two attached hydrogens (primary N) is 1. The lowest BCUT2D eigenvalue weighted by atomic mass is 9.82. The van der Waals surface area contributed by atoms with Gasteiger partial charge >= 0.3 is 12.1 Å². The Morgan fingerprint density at radius 1 is 0.909 bits per heavy atom. The van der Waals surface area contributed by atoms with Crippen molar-refractivity contribution in [1.29, 1.82) is 0 Å². The van der Waals surface area contributed by atoms with Gasteiger partial charge < -0.3 is 10.8 Å². The van der Waals surface area contributed by atoms with E-state index in [1.54, 1.807) is 7.05 Å². The number of hydrogen-bond acceptors (Lipinski definition) is 4. The van der Waals surface area contributed by atoms with Gasteiger partial charge in [0.05, 0.1) is 0 Å². The van der Waals surface area contributed by atoms with Crippen LogP contribution < -0.4 is 5.73 Å². The number of guanidine groups is 1. The molecule has 1 unspecified atom stereocenters. The molecule has 4 rings (SSSR count). The van der Waals surface area contributed by atoms with Gasteiger partial charge in [-0.3, -0.25) is 9.69 Å². The van der Waals surface area contributed by atoms with E-state index in [-0.39, 0.29) is 11.9 Å². The molecule has 0 aliphatic carbocycles. The summed E-state index contributed by atoms with van der Waals surface area (Å²) in [6.45, 7) is 0. The van der Waals surface area contributed by atoms with Crippen LogP contribution in [-0.2, 0) is 15.1 Å². The third-order valence-electron chi connectivity index (χ3n) is 5.06. The van der Waals surface area contributed by atoms with Crippen molar-refractivity contribution in [3.05, 3.63) is 96.1 Å². The molecule has 1 atom stereocenters. The fraction of sp³-hybridized carbons (Fsp3) is 0.125. The van der Waals surface area contributed by atoms with Gasteiger partial charge in [0.1, 0.15) is 0 Å². The zero-order valence-electron chi connectivity index (χ0n) is 17.5. The van der Waals surface area contributed by atoms with Crippen molar-refractivity contribution in [2.45, 2.75) is 11.7 Å². The molecule has 3 aromatic carbocycles. The lowest BCUT2D eigenvalue weighted by molar-refractivity contribution is -0.192. The second kappa shape index (κ2) is 9.15. The molecular weight excluding hydrogens is 435 g/mol. The Morgan fingerprint density at radius 3 is 1.88 bits per heavy atom. The van der Waals surface area contributed by atoms with Crippen LogP contribution in [0.25, 0.3) is 11.1 Å². The van der Waals surface area contributed by atoms with Crippen LogP contribution in [0.2, 0.25) is 0 Å². The van der Waals surface area contributed by atoms with Crippen molar-refractivity contribution < 1.29 is 27.9 Å². The molecule has 0 aromatic heterocycles. The minimum absolute atomic E-state index is 0.147. The summed E-state index contributed by atoms with van der Waals surface area (Å²) in [7, 11) is 1.66. The molecular formula is C24H20F3N3O3. The lowest BCUT2D eigenvalue weighted by Crippen LogP contribution is -2.41. The number of aliphatic carboxylic acids is 1. The third kappa shape index (κ3) is 4.72. The summed E-state index contributed by atoms with van der Waals surface area (Å²) in [5, 5.41) is 7.12. The summed E-state index contributed by atoms with van der Waals surface area (Å²) in [6, 6.07) is 27.6. The van der Waals surface area contributed by atoms with Gasteiger partial charge in [-0.1, -0.05) is 78.9 Å². The molecule has 170 valence electrons. The van der Waals surface area contributed by atoms with E-state index < -0.39 is 17.7 Å². The van der Waals surface area contributed by atoms with Gasteiger partial charge in [0.15, 0.2) is 11.5 Å². The fourth-order valence-electron chi connectivity index (χ4n) is 3.42. The number of carboxylic acid groups (broad SMARTS) is 1. The van der Waals surface area contributed by atoms with Crippen LogP contribution >= 0.6 is 0 Å². The average Bonchev–Trinajstić information content (AvgIpc) is 3.05. The van der Waals surface area contributed by atoms with E-state index in [1.807, 2.05) is 72.8 Å². The van der Waals surface area contributed by atoms with Gasteiger partial charge in [0, 0.05) is 7.05 Å². The number of hydrogen-bond donors (Lipinski definition) is 2. The first-order valence-electron chi connectivity index (χ1n) is 9.72. The molecule has 0 spiro atoms. The topological polar surface area (TPSA) is 96.0 Å². The molecule has 0 saturated heterocycles. The van der Waals surface area contributed by atoms with Crippen molar-refractivity contribution in [3.8, 4) is 11.1 Å². The minimum Gasteiger partial charge on any atom is -0.475 e. The quantitative estimate of drug-likeness (QED) is 0.624. The zero-order valence-corrected chi connectivity index (χ0v) is 17.5. The normalized spacial score (nSPS) is 17.8. The first-order valence-corrected chi connectivity index (χ1v) is 9.72. The summed E-state index contributed by atoms with van der Waals surface area (Å²) < 4.78 is 31.7. The molecule has 1 heterocycles. The van der Waals surface area contributed by atoms with Gasteiger partial charge in [-0.05, 0) is 28.3 Å².